The first-order valence-electron chi connectivity index (χ1n) is 7.87. The number of nitrogens with zero attached hydrogens (tertiary/aromatic N) is 1. The van der Waals surface area contributed by atoms with E-state index in [2.05, 4.69) is 23.5 Å². The highest BCUT2D eigenvalue weighted by atomic mass is 16.6. The van der Waals surface area contributed by atoms with E-state index in [4.69, 9.17) is 4.74 Å². The smallest absolute Gasteiger partial charge is 0.311 e. The maximum absolute atomic E-state index is 11.8. The Hall–Kier alpha value is -3.16. The molecule has 2 rings (SSSR count). The maximum Gasteiger partial charge on any atom is 0.311 e. The van der Waals surface area contributed by atoms with Crippen LogP contribution in [0.25, 0.3) is 12.7 Å². The molecule has 0 saturated carbocycles. The van der Waals surface area contributed by atoms with E-state index in [9.17, 15) is 19.7 Å². The number of benzene rings is 1. The van der Waals surface area contributed by atoms with Crippen LogP contribution in [0.3, 0.4) is 0 Å². The van der Waals surface area contributed by atoms with E-state index in [0.29, 0.717) is 12.2 Å². The summed E-state index contributed by atoms with van der Waals surface area (Å²) < 4.78 is 5.47. The summed E-state index contributed by atoms with van der Waals surface area (Å²) in [7, 11) is 0. The van der Waals surface area contributed by atoms with E-state index in [-0.39, 0.29) is 22.1 Å². The molecule has 1 aromatic heterocycles. The number of nitro benzene ring substituents is 1. The van der Waals surface area contributed by atoms with Crippen LogP contribution >= 0.6 is 0 Å². The third kappa shape index (κ3) is 4.66. The fraction of sp³-hybridized carbons (Fsp3) is 0.294. The van der Waals surface area contributed by atoms with E-state index in [0.717, 1.165) is 19.3 Å². The van der Waals surface area contributed by atoms with Crippen LogP contribution in [0.4, 0.5) is 5.69 Å². The normalized spacial score (nSPS) is 10.4. The number of hydrogen-bond donors (Lipinski definition) is 2. The topological polar surface area (TPSA) is 118 Å². The lowest BCUT2D eigenvalue weighted by Crippen LogP contribution is -2.47. The maximum atomic E-state index is 11.8. The molecule has 0 amide bonds. The molecule has 0 saturated heterocycles. The average molecular weight is 345 g/mol. The predicted octanol–water partition coefficient (Wildman–Crippen LogP) is 0.779. The summed E-state index contributed by atoms with van der Waals surface area (Å²) in [6.07, 6.45) is 4.09. The highest BCUT2D eigenvalue weighted by Gasteiger charge is 2.15. The fourth-order valence-electron chi connectivity index (χ4n) is 2.26. The van der Waals surface area contributed by atoms with E-state index in [1.807, 2.05) is 0 Å². The van der Waals surface area contributed by atoms with Crippen molar-refractivity contribution >= 4 is 18.3 Å². The Morgan fingerprint density at radius 1 is 1.24 bits per heavy atom. The van der Waals surface area contributed by atoms with E-state index >= 15 is 0 Å². The monoisotopic (exact) mass is 345 g/mol. The second kappa shape index (κ2) is 8.09. The summed E-state index contributed by atoms with van der Waals surface area (Å²) in [5.41, 5.74) is -1.01. The van der Waals surface area contributed by atoms with E-state index in [1.54, 1.807) is 6.07 Å². The first-order chi connectivity index (χ1) is 11.9. The number of nitrogens with one attached hydrogen (secondary N) is 2. The van der Waals surface area contributed by atoms with Gasteiger partial charge in [0.25, 0.3) is 11.1 Å². The summed E-state index contributed by atoms with van der Waals surface area (Å²) in [6, 6.07) is 4.29. The predicted molar refractivity (Wildman–Crippen MR) is 94.1 cm³/mol. The summed E-state index contributed by atoms with van der Waals surface area (Å²) in [5, 5.41) is 11.1. The number of rotatable bonds is 7. The average Bonchev–Trinajstić information content (AvgIpc) is 2.55. The molecule has 25 heavy (non-hydrogen) atoms. The number of unbranched alkanes of at least 4 members (excludes halogenated alkanes) is 2. The number of aromatic amines is 2. The van der Waals surface area contributed by atoms with Crippen molar-refractivity contribution in [1.29, 1.82) is 0 Å². The van der Waals surface area contributed by atoms with Gasteiger partial charge in [0.15, 0.2) is 5.75 Å². The van der Waals surface area contributed by atoms with Crippen LogP contribution < -0.4 is 26.6 Å². The van der Waals surface area contributed by atoms with Gasteiger partial charge in [-0.25, -0.2) is 0 Å². The van der Waals surface area contributed by atoms with Crippen LogP contribution in [0.5, 0.6) is 5.75 Å². The molecule has 0 atom stereocenters. The van der Waals surface area contributed by atoms with Gasteiger partial charge in [0.2, 0.25) is 0 Å². The quantitative estimate of drug-likeness (QED) is 0.437. The Balaban J connectivity index is 2.42. The van der Waals surface area contributed by atoms with Crippen molar-refractivity contribution < 1.29 is 9.66 Å². The summed E-state index contributed by atoms with van der Waals surface area (Å²) in [4.78, 5) is 39.2. The zero-order chi connectivity index (χ0) is 18.4. The summed E-state index contributed by atoms with van der Waals surface area (Å²) in [5.74, 6) is 0.161. The van der Waals surface area contributed by atoms with Crippen LogP contribution in [-0.2, 0) is 0 Å². The Kier molecular flexibility index (Phi) is 5.89. The molecule has 0 aliphatic carbocycles. The van der Waals surface area contributed by atoms with Gasteiger partial charge in [-0.3, -0.25) is 19.7 Å². The van der Waals surface area contributed by atoms with Crippen molar-refractivity contribution in [3.05, 3.63) is 65.3 Å². The zero-order valence-electron chi connectivity index (χ0n) is 13.8. The molecule has 0 bridgehead atoms. The van der Waals surface area contributed by atoms with Crippen molar-refractivity contribution in [1.82, 2.24) is 9.97 Å². The molecular formula is C17H19N3O5. The molecule has 8 heteroatoms. The summed E-state index contributed by atoms with van der Waals surface area (Å²) in [6.45, 7) is 5.89. The first kappa shape index (κ1) is 18.2. The molecule has 8 nitrogen and oxygen atoms in total. The molecule has 2 aromatic rings. The molecule has 132 valence electrons. The van der Waals surface area contributed by atoms with Crippen LogP contribution in [0.1, 0.15) is 31.7 Å². The highest BCUT2D eigenvalue weighted by molar-refractivity contribution is 5.58. The van der Waals surface area contributed by atoms with Crippen molar-refractivity contribution in [2.45, 2.75) is 26.2 Å². The number of H-pyrrole nitrogens is 2. The van der Waals surface area contributed by atoms with Gasteiger partial charge >= 0.3 is 5.69 Å². The molecule has 0 spiro atoms. The second-order valence-corrected chi connectivity index (χ2v) is 5.48. The largest absolute Gasteiger partial charge is 0.487 e. The lowest BCUT2D eigenvalue weighted by Gasteiger charge is -2.07. The van der Waals surface area contributed by atoms with Gasteiger partial charge in [0.05, 0.1) is 11.5 Å². The van der Waals surface area contributed by atoms with Gasteiger partial charge in [0.1, 0.15) is 10.7 Å². The van der Waals surface area contributed by atoms with Crippen LogP contribution in [0, 0.1) is 10.1 Å². The van der Waals surface area contributed by atoms with Crippen molar-refractivity contribution in [3.8, 4) is 5.75 Å². The minimum absolute atomic E-state index is 0.0916. The standard InChI is InChI=1S/C17H19N3O5/c1-3-4-5-8-25-15-7-6-12(10-14(15)20(23)24)9-13-16(21)18-11(2)19-17(13)22/h6-7,9-10H,2-5,8H2,1H3,(H,18,21)(H,19,22). The van der Waals surface area contributed by atoms with Gasteiger partial charge in [-0.2, -0.15) is 0 Å². The third-order valence-corrected chi connectivity index (χ3v) is 3.51. The Morgan fingerprint density at radius 3 is 2.52 bits per heavy atom. The third-order valence-electron chi connectivity index (χ3n) is 3.51. The van der Waals surface area contributed by atoms with Gasteiger partial charge in [-0.05, 0) is 24.1 Å². The van der Waals surface area contributed by atoms with Crippen LogP contribution in [0.15, 0.2) is 27.8 Å². The van der Waals surface area contributed by atoms with Gasteiger partial charge in [-0.15, -0.1) is 0 Å². The lowest BCUT2D eigenvalue weighted by molar-refractivity contribution is -0.385. The second-order valence-electron chi connectivity index (χ2n) is 5.48. The van der Waals surface area contributed by atoms with Crippen LogP contribution in [-0.4, -0.2) is 21.5 Å². The van der Waals surface area contributed by atoms with Crippen molar-refractivity contribution in [2.75, 3.05) is 6.61 Å². The van der Waals surface area contributed by atoms with Crippen molar-refractivity contribution in [2.24, 2.45) is 0 Å². The fourth-order valence-corrected chi connectivity index (χ4v) is 2.26. The summed E-state index contributed by atoms with van der Waals surface area (Å²) >= 11 is 0. The SMILES string of the molecule is C=c1[nH]c(=O)c(=Cc2ccc(OCCCCC)c([N+](=O)[O-])c2)c(=O)[nH]1. The van der Waals surface area contributed by atoms with Gasteiger partial charge < -0.3 is 14.7 Å². The molecule has 0 fully saturated rings. The Bertz CT molecular complexity index is 953. The molecule has 0 aliphatic heterocycles. The Morgan fingerprint density at radius 2 is 1.92 bits per heavy atom. The van der Waals surface area contributed by atoms with Crippen molar-refractivity contribution in [3.63, 3.8) is 0 Å². The molecule has 0 radical (unpaired) electrons. The molecule has 1 aromatic carbocycles. The van der Waals surface area contributed by atoms with E-state index in [1.165, 1.54) is 18.2 Å². The number of ether oxygens (including phenoxy) is 1. The lowest BCUT2D eigenvalue weighted by atomic mass is 10.1. The number of aromatic nitrogens is 2. The highest BCUT2D eigenvalue weighted by Crippen LogP contribution is 2.28. The van der Waals surface area contributed by atoms with E-state index < -0.39 is 16.0 Å². The molecule has 1 heterocycles. The minimum atomic E-state index is -0.615. The Labute approximate surface area is 142 Å². The minimum Gasteiger partial charge on any atom is -0.487 e. The number of nitro groups is 1. The zero-order valence-corrected chi connectivity index (χ0v) is 13.8. The molecular weight excluding hydrogens is 326 g/mol. The molecule has 2 N–H and O–H groups in total. The van der Waals surface area contributed by atoms with Gasteiger partial charge in [0, 0.05) is 6.07 Å². The molecule has 0 aliphatic rings. The van der Waals surface area contributed by atoms with Crippen LogP contribution in [0.2, 0.25) is 0 Å². The van der Waals surface area contributed by atoms with Gasteiger partial charge in [-0.1, -0.05) is 32.4 Å². The molecule has 0 unspecified atom stereocenters. The number of hydrogen-bond acceptors (Lipinski definition) is 5. The first-order valence-corrected chi connectivity index (χ1v) is 7.87.